The molecule has 3 aromatic rings. The van der Waals surface area contributed by atoms with Crippen molar-refractivity contribution in [2.45, 2.75) is 25.2 Å². The largest absolute Gasteiger partial charge is 0.383 e. The number of aromatic amines is 1. The summed E-state index contributed by atoms with van der Waals surface area (Å²) in [6.45, 7) is 5.87. The predicted octanol–water partition coefficient (Wildman–Crippen LogP) is 2.05. The van der Waals surface area contributed by atoms with Gasteiger partial charge in [0.1, 0.15) is 17.0 Å². The molecule has 0 unspecified atom stereocenters. The highest BCUT2D eigenvalue weighted by atomic mass is 19.1. The van der Waals surface area contributed by atoms with Gasteiger partial charge in [0.25, 0.3) is 5.91 Å². The molecular weight excluding hydrogens is 349 g/mol. The van der Waals surface area contributed by atoms with Gasteiger partial charge in [-0.05, 0) is 38.1 Å². The van der Waals surface area contributed by atoms with E-state index in [1.165, 1.54) is 6.07 Å². The van der Waals surface area contributed by atoms with Crippen molar-refractivity contribution < 1.29 is 13.9 Å². The van der Waals surface area contributed by atoms with E-state index in [1.54, 1.807) is 11.6 Å². The summed E-state index contributed by atoms with van der Waals surface area (Å²) in [5, 5.41) is 4.49. The number of ether oxygens (including phenoxy) is 1. The Bertz CT molecular complexity index is 1000. The summed E-state index contributed by atoms with van der Waals surface area (Å²) in [5.74, 6) is -1.17. The molecule has 7 nitrogen and oxygen atoms in total. The van der Waals surface area contributed by atoms with Gasteiger partial charge in [-0.25, -0.2) is 8.91 Å². The predicted molar refractivity (Wildman–Crippen MR) is 100 cm³/mol. The lowest BCUT2D eigenvalue weighted by atomic mass is 9.75. The number of amides is 1. The summed E-state index contributed by atoms with van der Waals surface area (Å²) in [6, 6.07) is 2.53. The summed E-state index contributed by atoms with van der Waals surface area (Å²) in [7, 11) is 1.72. The minimum Gasteiger partial charge on any atom is -0.383 e. The molecule has 3 heterocycles. The fourth-order valence-corrected chi connectivity index (χ4v) is 4.08. The van der Waals surface area contributed by atoms with Gasteiger partial charge >= 0.3 is 0 Å². The van der Waals surface area contributed by atoms with Crippen LogP contribution < -0.4 is 5.73 Å². The molecule has 0 radical (unpaired) electrons. The van der Waals surface area contributed by atoms with Crippen LogP contribution in [0.2, 0.25) is 0 Å². The molecule has 1 fully saturated rings. The first-order valence-corrected chi connectivity index (χ1v) is 9.13. The normalized spacial score (nSPS) is 17.7. The highest BCUT2D eigenvalue weighted by Crippen LogP contribution is 2.38. The van der Waals surface area contributed by atoms with E-state index in [-0.39, 0.29) is 11.0 Å². The molecule has 144 valence electrons. The summed E-state index contributed by atoms with van der Waals surface area (Å²) in [5.41, 5.74) is 8.46. The number of nitrogens with two attached hydrogens (primary N) is 1. The van der Waals surface area contributed by atoms with Crippen molar-refractivity contribution >= 4 is 22.6 Å². The second-order valence-corrected chi connectivity index (χ2v) is 7.55. The molecule has 27 heavy (non-hydrogen) atoms. The third-order valence-corrected chi connectivity index (χ3v) is 5.80. The van der Waals surface area contributed by atoms with Crippen molar-refractivity contribution in [2.24, 2.45) is 5.73 Å². The van der Waals surface area contributed by atoms with Crippen LogP contribution in [0.4, 0.5) is 4.39 Å². The summed E-state index contributed by atoms with van der Waals surface area (Å²) in [4.78, 5) is 17.4. The second kappa shape index (κ2) is 6.61. The lowest BCUT2D eigenvalue weighted by molar-refractivity contribution is 0.100. The monoisotopic (exact) mass is 373 g/mol. The van der Waals surface area contributed by atoms with Gasteiger partial charge in [0.15, 0.2) is 0 Å². The Morgan fingerprint density at radius 2 is 2.15 bits per heavy atom. The van der Waals surface area contributed by atoms with Gasteiger partial charge in [-0.15, -0.1) is 0 Å². The number of nitrogens with one attached hydrogen (secondary N) is 1. The van der Waals surface area contributed by atoms with Crippen LogP contribution in [0.3, 0.4) is 0 Å². The van der Waals surface area contributed by atoms with E-state index in [0.717, 1.165) is 56.4 Å². The van der Waals surface area contributed by atoms with Gasteiger partial charge < -0.3 is 20.4 Å². The maximum atomic E-state index is 13.9. The van der Waals surface area contributed by atoms with Crippen LogP contribution in [0, 0.1) is 5.82 Å². The quantitative estimate of drug-likeness (QED) is 0.716. The number of H-pyrrole nitrogens is 1. The van der Waals surface area contributed by atoms with Gasteiger partial charge in [0.2, 0.25) is 0 Å². The van der Waals surface area contributed by atoms with E-state index in [1.807, 2.05) is 6.20 Å². The Morgan fingerprint density at radius 1 is 1.41 bits per heavy atom. The number of nitrogens with zero attached hydrogens (tertiary/aromatic N) is 3. The molecule has 1 aliphatic heterocycles. The average Bonchev–Trinajstić information content (AvgIpc) is 3.19. The van der Waals surface area contributed by atoms with Gasteiger partial charge in [-0.3, -0.25) is 4.79 Å². The van der Waals surface area contributed by atoms with E-state index < -0.39 is 11.7 Å². The Morgan fingerprint density at radius 3 is 2.81 bits per heavy atom. The lowest BCUT2D eigenvalue weighted by Crippen LogP contribution is -2.42. The zero-order valence-electron chi connectivity index (χ0n) is 15.6. The van der Waals surface area contributed by atoms with Crippen LogP contribution in [0.5, 0.6) is 0 Å². The first kappa shape index (κ1) is 17.9. The van der Waals surface area contributed by atoms with Crippen LogP contribution in [0.25, 0.3) is 16.7 Å². The smallest absolute Gasteiger partial charge is 0.251 e. The summed E-state index contributed by atoms with van der Waals surface area (Å²) < 4.78 is 20.7. The van der Waals surface area contributed by atoms with Crippen LogP contribution >= 0.6 is 0 Å². The standard InChI is InChI=1S/C19H24FN5O2/c1-19(3-5-24(6-4-19)7-8-27-2)14-11-22-25-16-13(17(21)26)9-12(20)10-15(16)23-18(14)25/h9-11,23H,3-8H2,1-2H3,(H2,21,26). The minimum atomic E-state index is -0.671. The number of methoxy groups -OCH3 is 1. The van der Waals surface area contributed by atoms with Gasteiger partial charge in [-0.1, -0.05) is 6.92 Å². The highest BCUT2D eigenvalue weighted by molar-refractivity contribution is 6.05. The van der Waals surface area contributed by atoms with Crippen LogP contribution in [0.1, 0.15) is 35.7 Å². The zero-order chi connectivity index (χ0) is 19.2. The topological polar surface area (TPSA) is 88.7 Å². The molecule has 1 saturated heterocycles. The third-order valence-electron chi connectivity index (χ3n) is 5.80. The maximum absolute atomic E-state index is 13.9. The van der Waals surface area contributed by atoms with Gasteiger partial charge in [0, 0.05) is 24.6 Å². The van der Waals surface area contributed by atoms with E-state index in [0.29, 0.717) is 11.0 Å². The molecule has 4 rings (SSSR count). The van der Waals surface area contributed by atoms with Crippen molar-refractivity contribution in [1.82, 2.24) is 19.5 Å². The molecule has 0 atom stereocenters. The Kier molecular flexibility index (Phi) is 4.39. The number of aromatic nitrogens is 3. The van der Waals surface area contributed by atoms with E-state index in [9.17, 15) is 9.18 Å². The molecule has 1 aromatic carbocycles. The van der Waals surface area contributed by atoms with Crippen molar-refractivity contribution in [3.05, 3.63) is 35.3 Å². The van der Waals surface area contributed by atoms with Crippen LogP contribution in [-0.4, -0.2) is 58.8 Å². The van der Waals surface area contributed by atoms with Crippen LogP contribution in [-0.2, 0) is 10.2 Å². The average molecular weight is 373 g/mol. The van der Waals surface area contributed by atoms with E-state index in [2.05, 4.69) is 21.9 Å². The molecule has 0 aliphatic carbocycles. The number of benzene rings is 1. The molecule has 0 saturated carbocycles. The van der Waals surface area contributed by atoms with Gasteiger partial charge in [-0.2, -0.15) is 5.10 Å². The molecule has 8 heteroatoms. The fourth-order valence-electron chi connectivity index (χ4n) is 4.08. The first-order chi connectivity index (χ1) is 12.9. The fraction of sp³-hybridized carbons (Fsp3) is 0.474. The second-order valence-electron chi connectivity index (χ2n) is 7.55. The summed E-state index contributed by atoms with van der Waals surface area (Å²) in [6.07, 6.45) is 3.83. The number of imidazole rings is 1. The number of likely N-dealkylation sites (tertiary alicyclic amines) is 1. The summed E-state index contributed by atoms with van der Waals surface area (Å²) >= 11 is 0. The van der Waals surface area contributed by atoms with Crippen molar-refractivity contribution in [2.75, 3.05) is 33.4 Å². The highest BCUT2D eigenvalue weighted by Gasteiger charge is 2.35. The SMILES string of the molecule is COCCN1CCC(C)(c2cnn3c2[nH]c2cc(F)cc(C(N)=O)c23)CC1. The third kappa shape index (κ3) is 2.98. The Labute approximate surface area is 156 Å². The molecule has 3 N–H and O–H groups in total. The van der Waals surface area contributed by atoms with Gasteiger partial charge in [0.05, 0.1) is 23.9 Å². The number of carbonyl (C=O) groups is 1. The number of carbonyl (C=O) groups excluding carboxylic acids is 1. The molecule has 0 bridgehead atoms. The number of piperidine rings is 1. The molecule has 1 aliphatic rings. The Balaban J connectivity index is 1.74. The molecule has 0 spiro atoms. The molecular formula is C19H24FN5O2. The van der Waals surface area contributed by atoms with E-state index >= 15 is 0 Å². The number of primary amides is 1. The van der Waals surface area contributed by atoms with Crippen molar-refractivity contribution in [3.8, 4) is 0 Å². The van der Waals surface area contributed by atoms with E-state index in [4.69, 9.17) is 10.5 Å². The lowest BCUT2D eigenvalue weighted by Gasteiger charge is -2.38. The molecule has 2 aromatic heterocycles. The number of hydrogen-bond acceptors (Lipinski definition) is 4. The van der Waals surface area contributed by atoms with Crippen LogP contribution in [0.15, 0.2) is 18.3 Å². The van der Waals surface area contributed by atoms with Crippen molar-refractivity contribution in [3.63, 3.8) is 0 Å². The minimum absolute atomic E-state index is 0.0440. The zero-order valence-corrected chi connectivity index (χ0v) is 15.6. The number of fused-ring (bicyclic) bond motifs is 3. The first-order valence-electron chi connectivity index (χ1n) is 9.13. The maximum Gasteiger partial charge on any atom is 0.251 e. The Hall–Kier alpha value is -2.45. The number of halogens is 1. The van der Waals surface area contributed by atoms with Crippen molar-refractivity contribution in [1.29, 1.82) is 0 Å². The number of rotatable bonds is 5. The molecule has 1 amide bonds. The number of hydrogen-bond donors (Lipinski definition) is 2.